The summed E-state index contributed by atoms with van der Waals surface area (Å²) in [6.07, 6.45) is 3.76. The topological polar surface area (TPSA) is 61.4 Å². The van der Waals surface area contributed by atoms with Crippen LogP contribution in [0.2, 0.25) is 0 Å². The maximum absolute atomic E-state index is 12.0. The van der Waals surface area contributed by atoms with Gasteiger partial charge in [0.25, 0.3) is 0 Å². The van der Waals surface area contributed by atoms with Crippen LogP contribution in [0.5, 0.6) is 0 Å². The molecule has 0 bridgehead atoms. The van der Waals surface area contributed by atoms with Gasteiger partial charge >= 0.3 is 0 Å². The lowest BCUT2D eigenvalue weighted by molar-refractivity contribution is -0.136. The van der Waals surface area contributed by atoms with Crippen molar-refractivity contribution in [2.45, 2.75) is 38.6 Å². The molecule has 0 aliphatic carbocycles. The van der Waals surface area contributed by atoms with Gasteiger partial charge in [0.1, 0.15) is 6.04 Å². The molecule has 5 nitrogen and oxygen atoms in total. The number of carbonyl (C=O) groups excluding carboxylic acids is 2. The molecule has 1 atom stereocenters. The highest BCUT2D eigenvalue weighted by atomic mass is 35.5. The number of carbonyl (C=O) groups is 2. The van der Waals surface area contributed by atoms with E-state index in [9.17, 15) is 9.59 Å². The molecule has 18 heavy (non-hydrogen) atoms. The van der Waals surface area contributed by atoms with E-state index in [0.717, 1.165) is 25.9 Å². The van der Waals surface area contributed by atoms with Crippen LogP contribution in [0.1, 0.15) is 32.6 Å². The summed E-state index contributed by atoms with van der Waals surface area (Å²) in [5.41, 5.74) is 0. The smallest absolute Gasteiger partial charge is 0.244 e. The molecule has 0 aromatic carbocycles. The molecular weight excluding hydrogens is 254 g/mol. The van der Waals surface area contributed by atoms with Gasteiger partial charge in [-0.05, 0) is 33.2 Å². The molecule has 1 heterocycles. The van der Waals surface area contributed by atoms with Gasteiger partial charge in [0.05, 0.1) is 0 Å². The van der Waals surface area contributed by atoms with Gasteiger partial charge in [0, 0.05) is 26.1 Å². The van der Waals surface area contributed by atoms with Gasteiger partial charge in [-0.25, -0.2) is 0 Å². The van der Waals surface area contributed by atoms with Gasteiger partial charge in [-0.3, -0.25) is 9.59 Å². The third-order valence-corrected chi connectivity index (χ3v) is 3.02. The number of nitrogens with zero attached hydrogens (tertiary/aromatic N) is 1. The molecule has 0 radical (unpaired) electrons. The van der Waals surface area contributed by atoms with Gasteiger partial charge in [-0.2, -0.15) is 0 Å². The second-order valence-corrected chi connectivity index (χ2v) is 4.53. The van der Waals surface area contributed by atoms with E-state index in [-0.39, 0.29) is 24.2 Å². The standard InChI is InChI=1S/C12H23N3O2.ClH/c1-10(14-11(16)6-7-13-2)12(17)15-8-4-3-5-9-15;/h10,13H,3-9H2,1-2H3,(H,14,16);1H/t10-;/m0./s1. The zero-order chi connectivity index (χ0) is 12.7. The van der Waals surface area contributed by atoms with Crippen molar-refractivity contribution in [2.24, 2.45) is 0 Å². The van der Waals surface area contributed by atoms with Crippen molar-refractivity contribution in [3.63, 3.8) is 0 Å². The summed E-state index contributed by atoms with van der Waals surface area (Å²) in [4.78, 5) is 25.3. The van der Waals surface area contributed by atoms with Crippen molar-refractivity contribution >= 4 is 24.2 Å². The lowest BCUT2D eigenvalue weighted by Gasteiger charge is -2.29. The number of halogens is 1. The van der Waals surface area contributed by atoms with E-state index in [1.165, 1.54) is 6.42 Å². The average molecular weight is 278 g/mol. The van der Waals surface area contributed by atoms with Crippen molar-refractivity contribution in [1.29, 1.82) is 0 Å². The summed E-state index contributed by atoms with van der Waals surface area (Å²) in [6.45, 7) is 4.05. The number of likely N-dealkylation sites (tertiary alicyclic amines) is 1. The highest BCUT2D eigenvalue weighted by molar-refractivity contribution is 5.87. The lowest BCUT2D eigenvalue weighted by atomic mass is 10.1. The van der Waals surface area contributed by atoms with Gasteiger partial charge in [0.2, 0.25) is 11.8 Å². The number of rotatable bonds is 5. The van der Waals surface area contributed by atoms with Crippen molar-refractivity contribution in [2.75, 3.05) is 26.7 Å². The number of piperidine rings is 1. The normalized spacial score (nSPS) is 16.7. The fraction of sp³-hybridized carbons (Fsp3) is 0.833. The Balaban J connectivity index is 0.00000289. The number of amides is 2. The Morgan fingerprint density at radius 1 is 1.22 bits per heavy atom. The summed E-state index contributed by atoms with van der Waals surface area (Å²) < 4.78 is 0. The van der Waals surface area contributed by atoms with E-state index in [1.54, 1.807) is 14.0 Å². The Hall–Kier alpha value is -0.810. The molecule has 2 N–H and O–H groups in total. The molecule has 0 unspecified atom stereocenters. The van der Waals surface area contributed by atoms with Crippen molar-refractivity contribution in [3.8, 4) is 0 Å². The molecule has 0 aromatic heterocycles. The SMILES string of the molecule is CNCCC(=O)N[C@@H](C)C(=O)N1CCCCC1.Cl. The van der Waals surface area contributed by atoms with Crippen molar-refractivity contribution in [1.82, 2.24) is 15.5 Å². The molecular formula is C12H24ClN3O2. The molecule has 6 heteroatoms. The zero-order valence-electron chi connectivity index (χ0n) is 11.2. The van der Waals surface area contributed by atoms with Crippen molar-refractivity contribution in [3.05, 3.63) is 0 Å². The van der Waals surface area contributed by atoms with E-state index < -0.39 is 6.04 Å². The first-order valence-corrected chi connectivity index (χ1v) is 6.38. The minimum atomic E-state index is -0.405. The largest absolute Gasteiger partial charge is 0.345 e. The average Bonchev–Trinajstić information content (AvgIpc) is 2.36. The van der Waals surface area contributed by atoms with E-state index in [0.29, 0.717) is 13.0 Å². The van der Waals surface area contributed by atoms with E-state index >= 15 is 0 Å². The fourth-order valence-electron chi connectivity index (χ4n) is 2.00. The first kappa shape index (κ1) is 17.2. The van der Waals surface area contributed by atoms with Gasteiger partial charge in [-0.1, -0.05) is 0 Å². The maximum atomic E-state index is 12.0. The number of hydrogen-bond donors (Lipinski definition) is 2. The molecule has 0 saturated carbocycles. The van der Waals surface area contributed by atoms with E-state index in [4.69, 9.17) is 0 Å². The molecule has 2 amide bonds. The first-order valence-electron chi connectivity index (χ1n) is 6.38. The van der Waals surface area contributed by atoms with Crippen LogP contribution in [0.15, 0.2) is 0 Å². The summed E-state index contributed by atoms with van der Waals surface area (Å²) >= 11 is 0. The molecule has 1 aliphatic heterocycles. The van der Waals surface area contributed by atoms with Crippen LogP contribution >= 0.6 is 12.4 Å². The van der Waals surface area contributed by atoms with Crippen LogP contribution in [-0.2, 0) is 9.59 Å². The quantitative estimate of drug-likeness (QED) is 0.771. The zero-order valence-corrected chi connectivity index (χ0v) is 12.0. The fourth-order valence-corrected chi connectivity index (χ4v) is 2.00. The molecule has 1 rings (SSSR count). The number of nitrogens with one attached hydrogen (secondary N) is 2. The van der Waals surface area contributed by atoms with Crippen LogP contribution in [0.3, 0.4) is 0 Å². The Labute approximate surface area is 115 Å². The molecule has 1 aliphatic rings. The minimum Gasteiger partial charge on any atom is -0.345 e. The predicted molar refractivity (Wildman–Crippen MR) is 73.8 cm³/mol. The molecule has 1 saturated heterocycles. The lowest BCUT2D eigenvalue weighted by Crippen LogP contribution is -2.48. The highest BCUT2D eigenvalue weighted by Crippen LogP contribution is 2.09. The second-order valence-electron chi connectivity index (χ2n) is 4.53. The predicted octanol–water partition coefficient (Wildman–Crippen LogP) is 0.535. The van der Waals surface area contributed by atoms with Crippen LogP contribution in [-0.4, -0.2) is 49.4 Å². The van der Waals surface area contributed by atoms with Gasteiger partial charge in [-0.15, -0.1) is 12.4 Å². The van der Waals surface area contributed by atoms with Crippen LogP contribution in [0.4, 0.5) is 0 Å². The van der Waals surface area contributed by atoms with E-state index in [2.05, 4.69) is 10.6 Å². The van der Waals surface area contributed by atoms with E-state index in [1.807, 2.05) is 4.90 Å². The summed E-state index contributed by atoms with van der Waals surface area (Å²) in [6, 6.07) is -0.405. The third-order valence-electron chi connectivity index (χ3n) is 3.02. The second kappa shape index (κ2) is 9.16. The molecule has 0 aromatic rings. The maximum Gasteiger partial charge on any atom is 0.244 e. The van der Waals surface area contributed by atoms with Crippen LogP contribution in [0.25, 0.3) is 0 Å². The van der Waals surface area contributed by atoms with Crippen LogP contribution < -0.4 is 10.6 Å². The Kier molecular flexibility index (Phi) is 8.75. The Morgan fingerprint density at radius 2 is 1.83 bits per heavy atom. The van der Waals surface area contributed by atoms with Crippen molar-refractivity contribution < 1.29 is 9.59 Å². The minimum absolute atomic E-state index is 0. The monoisotopic (exact) mass is 277 g/mol. The number of hydrogen-bond acceptors (Lipinski definition) is 3. The summed E-state index contributed by atoms with van der Waals surface area (Å²) in [5.74, 6) is -0.0280. The summed E-state index contributed by atoms with van der Waals surface area (Å²) in [5, 5.41) is 5.65. The molecule has 106 valence electrons. The Morgan fingerprint density at radius 3 is 2.39 bits per heavy atom. The first-order chi connectivity index (χ1) is 8.15. The summed E-state index contributed by atoms with van der Waals surface area (Å²) in [7, 11) is 1.80. The molecule has 1 fully saturated rings. The van der Waals surface area contributed by atoms with Crippen LogP contribution in [0, 0.1) is 0 Å². The Bertz CT molecular complexity index is 268. The molecule has 0 spiro atoms. The van der Waals surface area contributed by atoms with Gasteiger partial charge < -0.3 is 15.5 Å². The van der Waals surface area contributed by atoms with Gasteiger partial charge in [0.15, 0.2) is 0 Å². The highest BCUT2D eigenvalue weighted by Gasteiger charge is 2.22. The third kappa shape index (κ3) is 5.69.